The van der Waals surface area contributed by atoms with E-state index in [-0.39, 0.29) is 5.82 Å². The Bertz CT molecular complexity index is 1160. The number of benzene rings is 2. The number of rotatable bonds is 4. The average molecular weight is 363 g/mol. The molecule has 136 valence electrons. The quantitative estimate of drug-likeness (QED) is 0.538. The minimum atomic E-state index is -0.988. The first kappa shape index (κ1) is 16.8. The zero-order chi connectivity index (χ0) is 19.0. The fourth-order valence-corrected chi connectivity index (χ4v) is 2.93. The number of carbonyl (C=O) groups is 2. The molecule has 0 radical (unpaired) electrons. The van der Waals surface area contributed by atoms with Crippen molar-refractivity contribution in [1.82, 2.24) is 10.1 Å². The number of hydrogen-bond donors (Lipinski definition) is 2. The topological polar surface area (TPSA) is 97.2 Å². The molecule has 2 aromatic carbocycles. The summed E-state index contributed by atoms with van der Waals surface area (Å²) >= 11 is 0. The van der Waals surface area contributed by atoms with Gasteiger partial charge in [-0.2, -0.15) is 0 Å². The molecule has 2 heterocycles. The number of fused-ring (bicyclic) bond motifs is 3. The number of nitrogens with one attached hydrogen (secondary N) is 2. The number of aryl methyl sites for hydroxylation is 1. The zero-order valence-electron chi connectivity index (χ0n) is 14.8. The Balaban J connectivity index is 1.52. The number of H-pyrrole nitrogens is 1. The average Bonchev–Trinajstić information content (AvgIpc) is 3.27. The van der Waals surface area contributed by atoms with Gasteiger partial charge in [0.2, 0.25) is 0 Å². The summed E-state index contributed by atoms with van der Waals surface area (Å²) in [4.78, 5) is 27.7. The highest BCUT2D eigenvalue weighted by Crippen LogP contribution is 2.26. The Hall–Kier alpha value is -3.61. The van der Waals surface area contributed by atoms with Crippen molar-refractivity contribution < 1.29 is 18.8 Å². The van der Waals surface area contributed by atoms with Gasteiger partial charge < -0.3 is 19.6 Å². The van der Waals surface area contributed by atoms with Crippen molar-refractivity contribution in [2.45, 2.75) is 20.0 Å². The Kier molecular flexibility index (Phi) is 4.12. The van der Waals surface area contributed by atoms with Crippen LogP contribution in [0.1, 0.15) is 23.2 Å². The predicted molar refractivity (Wildman–Crippen MR) is 101 cm³/mol. The third-order valence-corrected chi connectivity index (χ3v) is 4.28. The molecule has 7 nitrogen and oxygen atoms in total. The summed E-state index contributed by atoms with van der Waals surface area (Å²) in [5.41, 5.74) is 1.12. The van der Waals surface area contributed by atoms with Gasteiger partial charge in [-0.25, -0.2) is 4.79 Å². The molecule has 7 heteroatoms. The number of aromatic nitrogens is 2. The number of hydrogen-bond acceptors (Lipinski definition) is 5. The predicted octanol–water partition coefficient (Wildman–Crippen LogP) is 3.80. The smallest absolute Gasteiger partial charge is 0.355 e. The summed E-state index contributed by atoms with van der Waals surface area (Å²) in [5.74, 6) is -0.245. The SMILES string of the molecule is Cc1cc(NC(=O)[C@@H](C)OC(=O)c2cc3c(ccc4ccccc43)[nH]2)no1. The van der Waals surface area contributed by atoms with Gasteiger partial charge in [0.05, 0.1) is 0 Å². The summed E-state index contributed by atoms with van der Waals surface area (Å²) in [6.07, 6.45) is -0.988. The number of amides is 1. The van der Waals surface area contributed by atoms with Crippen LogP contribution in [0.25, 0.3) is 21.7 Å². The molecule has 0 spiro atoms. The van der Waals surface area contributed by atoms with E-state index in [4.69, 9.17) is 9.26 Å². The van der Waals surface area contributed by atoms with Crippen LogP contribution in [0.2, 0.25) is 0 Å². The van der Waals surface area contributed by atoms with E-state index in [0.717, 1.165) is 21.7 Å². The van der Waals surface area contributed by atoms with Crippen LogP contribution in [0.15, 0.2) is 53.1 Å². The van der Waals surface area contributed by atoms with Gasteiger partial charge in [0, 0.05) is 17.0 Å². The highest BCUT2D eigenvalue weighted by Gasteiger charge is 2.21. The van der Waals surface area contributed by atoms with Crippen molar-refractivity contribution in [3.05, 3.63) is 60.0 Å². The van der Waals surface area contributed by atoms with Gasteiger partial charge in [0.15, 0.2) is 11.9 Å². The Labute approximate surface area is 154 Å². The van der Waals surface area contributed by atoms with Crippen LogP contribution >= 0.6 is 0 Å². The van der Waals surface area contributed by atoms with Crippen molar-refractivity contribution >= 4 is 39.4 Å². The molecular weight excluding hydrogens is 346 g/mol. The maximum Gasteiger partial charge on any atom is 0.355 e. The first-order valence-electron chi connectivity index (χ1n) is 8.47. The van der Waals surface area contributed by atoms with Crippen molar-refractivity contribution in [3.63, 3.8) is 0 Å². The van der Waals surface area contributed by atoms with Crippen LogP contribution in [0.4, 0.5) is 5.82 Å². The molecule has 0 fully saturated rings. The van der Waals surface area contributed by atoms with Crippen LogP contribution < -0.4 is 5.32 Å². The minimum Gasteiger partial charge on any atom is -0.448 e. The van der Waals surface area contributed by atoms with E-state index >= 15 is 0 Å². The third-order valence-electron chi connectivity index (χ3n) is 4.28. The van der Waals surface area contributed by atoms with Crippen molar-refractivity contribution in [1.29, 1.82) is 0 Å². The fraction of sp³-hybridized carbons (Fsp3) is 0.150. The molecule has 27 heavy (non-hydrogen) atoms. The first-order chi connectivity index (χ1) is 13.0. The maximum absolute atomic E-state index is 12.5. The van der Waals surface area contributed by atoms with Gasteiger partial charge in [-0.3, -0.25) is 4.79 Å². The molecule has 0 aliphatic heterocycles. The van der Waals surface area contributed by atoms with Crippen LogP contribution in [-0.2, 0) is 9.53 Å². The second kappa shape index (κ2) is 6.60. The largest absolute Gasteiger partial charge is 0.448 e. The molecule has 1 amide bonds. The number of aromatic amines is 1. The van der Waals surface area contributed by atoms with Crippen molar-refractivity contribution in [3.8, 4) is 0 Å². The summed E-state index contributed by atoms with van der Waals surface area (Å²) in [6.45, 7) is 3.21. The van der Waals surface area contributed by atoms with E-state index in [9.17, 15) is 9.59 Å². The Morgan fingerprint density at radius 2 is 1.96 bits per heavy atom. The molecule has 4 rings (SSSR count). The molecule has 0 aliphatic carbocycles. The first-order valence-corrected chi connectivity index (χ1v) is 8.47. The van der Waals surface area contributed by atoms with E-state index in [1.165, 1.54) is 6.92 Å². The van der Waals surface area contributed by atoms with Gasteiger partial charge in [0.1, 0.15) is 11.5 Å². The van der Waals surface area contributed by atoms with E-state index in [2.05, 4.69) is 15.5 Å². The van der Waals surface area contributed by atoms with Gasteiger partial charge in [-0.15, -0.1) is 0 Å². The second-order valence-electron chi connectivity index (χ2n) is 6.29. The molecule has 1 atom stereocenters. The lowest BCUT2D eigenvalue weighted by atomic mass is 10.1. The summed E-state index contributed by atoms with van der Waals surface area (Å²) < 4.78 is 10.2. The van der Waals surface area contributed by atoms with E-state index in [0.29, 0.717) is 11.5 Å². The summed E-state index contributed by atoms with van der Waals surface area (Å²) in [6, 6.07) is 15.1. The highest BCUT2D eigenvalue weighted by molar-refractivity contribution is 6.09. The minimum absolute atomic E-state index is 0.275. The lowest BCUT2D eigenvalue weighted by Crippen LogP contribution is -2.30. The van der Waals surface area contributed by atoms with E-state index in [1.54, 1.807) is 19.1 Å². The Morgan fingerprint density at radius 3 is 2.74 bits per heavy atom. The second-order valence-corrected chi connectivity index (χ2v) is 6.29. The van der Waals surface area contributed by atoms with Crippen LogP contribution in [0.3, 0.4) is 0 Å². The third kappa shape index (κ3) is 3.27. The lowest BCUT2D eigenvalue weighted by Gasteiger charge is -2.11. The molecule has 0 bridgehead atoms. The molecule has 4 aromatic rings. The van der Waals surface area contributed by atoms with Gasteiger partial charge in [-0.1, -0.05) is 35.5 Å². The van der Waals surface area contributed by atoms with Crippen molar-refractivity contribution in [2.24, 2.45) is 0 Å². The Morgan fingerprint density at radius 1 is 1.15 bits per heavy atom. The molecule has 2 N–H and O–H groups in total. The van der Waals surface area contributed by atoms with E-state index in [1.807, 2.05) is 36.4 Å². The standard InChI is InChI=1S/C20H17N3O4/c1-11-9-18(23-27-11)22-19(24)12(2)26-20(25)17-10-15-14-6-4-3-5-13(14)7-8-16(15)21-17/h3-10,12,21H,1-2H3,(H,22,23,24)/t12-/m1/s1. The fourth-order valence-electron chi connectivity index (χ4n) is 2.93. The van der Waals surface area contributed by atoms with Gasteiger partial charge in [-0.05, 0) is 36.8 Å². The van der Waals surface area contributed by atoms with Crippen LogP contribution in [-0.4, -0.2) is 28.1 Å². The molecule has 2 aromatic heterocycles. The highest BCUT2D eigenvalue weighted by atomic mass is 16.5. The van der Waals surface area contributed by atoms with Gasteiger partial charge in [0.25, 0.3) is 5.91 Å². The molecule has 0 saturated heterocycles. The number of ether oxygens (including phenoxy) is 1. The number of carbonyl (C=O) groups excluding carboxylic acids is 2. The molecule has 0 saturated carbocycles. The monoisotopic (exact) mass is 363 g/mol. The molecular formula is C20H17N3O4. The normalized spacial score (nSPS) is 12.2. The summed E-state index contributed by atoms with van der Waals surface area (Å²) in [7, 11) is 0. The number of anilines is 1. The summed E-state index contributed by atoms with van der Waals surface area (Å²) in [5, 5.41) is 9.27. The van der Waals surface area contributed by atoms with Gasteiger partial charge >= 0.3 is 5.97 Å². The maximum atomic E-state index is 12.5. The van der Waals surface area contributed by atoms with Crippen molar-refractivity contribution in [2.75, 3.05) is 5.32 Å². The number of esters is 1. The van der Waals surface area contributed by atoms with Crippen LogP contribution in [0.5, 0.6) is 0 Å². The van der Waals surface area contributed by atoms with E-state index < -0.39 is 18.0 Å². The van der Waals surface area contributed by atoms with Crippen LogP contribution in [0, 0.1) is 6.92 Å². The molecule has 0 unspecified atom stereocenters. The number of nitrogens with zero attached hydrogens (tertiary/aromatic N) is 1. The zero-order valence-corrected chi connectivity index (χ0v) is 14.8. The molecule has 0 aliphatic rings. The lowest BCUT2D eigenvalue weighted by molar-refractivity contribution is -0.123.